The Morgan fingerprint density at radius 2 is 1.75 bits per heavy atom. The lowest BCUT2D eigenvalue weighted by Crippen LogP contribution is -2.39. The molecule has 3 aromatic rings. The average Bonchev–Trinajstić information content (AvgIpc) is 3.10. The van der Waals surface area contributed by atoms with Gasteiger partial charge in [0, 0.05) is 31.7 Å². The number of aliphatic hydroxyl groups excluding tert-OH is 1. The third-order valence-electron chi connectivity index (χ3n) is 5.13. The van der Waals surface area contributed by atoms with Gasteiger partial charge in [0.1, 0.15) is 18.1 Å². The number of aromatic nitrogens is 2. The molecule has 0 radical (unpaired) electrons. The van der Waals surface area contributed by atoms with Crippen LogP contribution in [-0.2, 0) is 18.3 Å². The number of aryl methyl sites for hydroxylation is 1. The summed E-state index contributed by atoms with van der Waals surface area (Å²) in [7, 11) is 1.89. The molecule has 0 bridgehead atoms. The fraction of sp³-hybridized carbons (Fsp3) is 0.346. The molecule has 0 saturated carbocycles. The molecule has 6 nitrogen and oxygen atoms in total. The van der Waals surface area contributed by atoms with Gasteiger partial charge in [-0.2, -0.15) is 5.10 Å². The molecule has 0 spiro atoms. The first-order valence-electron chi connectivity index (χ1n) is 10.8. The molecule has 0 aliphatic carbocycles. The number of benzene rings is 2. The predicted molar refractivity (Wildman–Crippen MR) is 126 cm³/mol. The van der Waals surface area contributed by atoms with E-state index >= 15 is 0 Å². The minimum absolute atomic E-state index is 0.186. The Labute approximate surface area is 190 Å². The zero-order valence-corrected chi connectivity index (χ0v) is 18.9. The molecule has 32 heavy (non-hydrogen) atoms. The molecule has 0 fully saturated rings. The molecule has 0 aliphatic heterocycles. The first-order chi connectivity index (χ1) is 15.5. The second-order valence-corrected chi connectivity index (χ2v) is 7.93. The van der Waals surface area contributed by atoms with Crippen LogP contribution in [0.5, 0.6) is 11.6 Å². The summed E-state index contributed by atoms with van der Waals surface area (Å²) in [6.45, 7) is 5.59. The molecule has 1 unspecified atom stereocenters. The van der Waals surface area contributed by atoms with E-state index in [1.54, 1.807) is 4.68 Å². The van der Waals surface area contributed by atoms with Crippen LogP contribution in [0.2, 0.25) is 0 Å². The molecule has 6 heteroatoms. The van der Waals surface area contributed by atoms with Crippen molar-refractivity contribution in [3.8, 4) is 35.2 Å². The number of hydrogen-bond donors (Lipinski definition) is 1. The molecule has 2 aromatic carbocycles. The normalized spacial score (nSPS) is 12.2. The Morgan fingerprint density at radius 3 is 2.38 bits per heavy atom. The highest BCUT2D eigenvalue weighted by molar-refractivity contribution is 5.65. The molecule has 0 aliphatic rings. The zero-order valence-electron chi connectivity index (χ0n) is 18.9. The number of rotatable bonds is 11. The van der Waals surface area contributed by atoms with E-state index in [1.807, 2.05) is 67.7 Å². The van der Waals surface area contributed by atoms with Crippen molar-refractivity contribution in [3.63, 3.8) is 0 Å². The summed E-state index contributed by atoms with van der Waals surface area (Å²) in [6.07, 6.45) is 4.58. The van der Waals surface area contributed by atoms with Gasteiger partial charge in [0.25, 0.3) is 0 Å². The number of hydrogen-bond acceptors (Lipinski definition) is 5. The van der Waals surface area contributed by atoms with E-state index in [-0.39, 0.29) is 19.3 Å². The Balaban J connectivity index is 1.93. The van der Waals surface area contributed by atoms with E-state index in [0.717, 1.165) is 22.6 Å². The monoisotopic (exact) mass is 433 g/mol. The lowest BCUT2D eigenvalue weighted by Gasteiger charge is -2.29. The summed E-state index contributed by atoms with van der Waals surface area (Å²) >= 11 is 0. The molecule has 0 amide bonds. The van der Waals surface area contributed by atoms with Crippen molar-refractivity contribution < 1.29 is 14.6 Å². The fourth-order valence-corrected chi connectivity index (χ4v) is 3.49. The number of nitrogens with zero attached hydrogens (tertiary/aromatic N) is 3. The van der Waals surface area contributed by atoms with Gasteiger partial charge < -0.3 is 14.6 Å². The second kappa shape index (κ2) is 11.5. The Hall–Kier alpha value is -3.11. The van der Waals surface area contributed by atoms with E-state index < -0.39 is 6.10 Å². The first kappa shape index (κ1) is 23.6. The van der Waals surface area contributed by atoms with Gasteiger partial charge >= 0.3 is 0 Å². The summed E-state index contributed by atoms with van der Waals surface area (Å²) in [5, 5.41) is 15.3. The van der Waals surface area contributed by atoms with E-state index in [1.165, 1.54) is 0 Å². The highest BCUT2D eigenvalue weighted by Gasteiger charge is 2.24. The molecule has 1 N–H and O–H groups in total. The minimum Gasteiger partial charge on any atom is -0.439 e. The summed E-state index contributed by atoms with van der Waals surface area (Å²) in [4.78, 5) is 2.19. The third-order valence-corrected chi connectivity index (χ3v) is 5.13. The first-order valence-corrected chi connectivity index (χ1v) is 10.8. The summed E-state index contributed by atoms with van der Waals surface area (Å²) in [6, 6.07) is 19.9. The van der Waals surface area contributed by atoms with E-state index in [0.29, 0.717) is 19.0 Å². The van der Waals surface area contributed by atoms with Crippen molar-refractivity contribution in [2.75, 3.05) is 19.8 Å². The SMILES string of the molecule is C#CCOCC(O)CN(Cc1c(-c2ccccc2)nn(C)c1Oc1ccccc1)C(C)C. The van der Waals surface area contributed by atoms with Gasteiger partial charge in [-0.3, -0.25) is 4.90 Å². The quantitative estimate of drug-likeness (QED) is 0.364. The van der Waals surface area contributed by atoms with Crippen molar-refractivity contribution in [1.82, 2.24) is 14.7 Å². The molecule has 168 valence electrons. The van der Waals surface area contributed by atoms with Crippen molar-refractivity contribution >= 4 is 0 Å². The smallest absolute Gasteiger partial charge is 0.222 e. The number of aliphatic hydroxyl groups is 1. The van der Waals surface area contributed by atoms with Gasteiger partial charge in [0.05, 0.1) is 18.3 Å². The minimum atomic E-state index is -0.652. The summed E-state index contributed by atoms with van der Waals surface area (Å²) in [5.41, 5.74) is 2.85. The highest BCUT2D eigenvalue weighted by Crippen LogP contribution is 2.34. The molecule has 3 rings (SSSR count). The summed E-state index contributed by atoms with van der Waals surface area (Å²) in [5.74, 6) is 3.85. The van der Waals surface area contributed by atoms with Crippen LogP contribution in [0.25, 0.3) is 11.3 Å². The fourth-order valence-electron chi connectivity index (χ4n) is 3.49. The Morgan fingerprint density at radius 1 is 1.09 bits per heavy atom. The van der Waals surface area contributed by atoms with Crippen LogP contribution >= 0.6 is 0 Å². The van der Waals surface area contributed by atoms with Gasteiger partial charge in [-0.1, -0.05) is 54.5 Å². The van der Waals surface area contributed by atoms with Crippen molar-refractivity contribution in [2.24, 2.45) is 7.05 Å². The number of para-hydroxylation sites is 1. The molecular weight excluding hydrogens is 402 g/mol. The topological polar surface area (TPSA) is 59.8 Å². The summed E-state index contributed by atoms with van der Waals surface area (Å²) < 4.78 is 13.4. The van der Waals surface area contributed by atoms with Crippen molar-refractivity contribution in [1.29, 1.82) is 0 Å². The highest BCUT2D eigenvalue weighted by atomic mass is 16.5. The largest absolute Gasteiger partial charge is 0.439 e. The Kier molecular flexibility index (Phi) is 8.46. The average molecular weight is 434 g/mol. The van der Waals surface area contributed by atoms with Crippen LogP contribution in [0.3, 0.4) is 0 Å². The van der Waals surface area contributed by atoms with Crippen LogP contribution in [0.1, 0.15) is 19.4 Å². The van der Waals surface area contributed by atoms with Crippen LogP contribution in [0, 0.1) is 12.3 Å². The van der Waals surface area contributed by atoms with Gasteiger partial charge in [0.15, 0.2) is 0 Å². The van der Waals surface area contributed by atoms with Gasteiger partial charge in [0.2, 0.25) is 5.88 Å². The van der Waals surface area contributed by atoms with Crippen LogP contribution < -0.4 is 4.74 Å². The van der Waals surface area contributed by atoms with E-state index in [4.69, 9.17) is 21.0 Å². The number of terminal acetylenes is 1. The maximum atomic E-state index is 10.5. The molecule has 1 atom stereocenters. The zero-order chi connectivity index (χ0) is 22.9. The van der Waals surface area contributed by atoms with Gasteiger partial charge in [-0.25, -0.2) is 4.68 Å². The predicted octanol–water partition coefficient (Wildman–Crippen LogP) is 4.10. The molecule has 0 saturated heterocycles. The van der Waals surface area contributed by atoms with Crippen LogP contribution in [0.4, 0.5) is 0 Å². The van der Waals surface area contributed by atoms with Crippen molar-refractivity contribution in [3.05, 3.63) is 66.2 Å². The van der Waals surface area contributed by atoms with Crippen LogP contribution in [-0.4, -0.2) is 51.7 Å². The number of ether oxygens (including phenoxy) is 2. The molecule has 1 aromatic heterocycles. The standard InChI is InChI=1S/C26H31N3O3/c1-5-16-31-19-22(30)17-29(20(2)3)18-24-25(21-12-8-6-9-13-21)27-28(4)26(24)32-23-14-10-7-11-15-23/h1,6-15,20,22,30H,16-19H2,2-4H3. The second-order valence-electron chi connectivity index (χ2n) is 7.93. The molecular formula is C26H31N3O3. The van der Waals surface area contributed by atoms with Crippen LogP contribution in [0.15, 0.2) is 60.7 Å². The van der Waals surface area contributed by atoms with Gasteiger partial charge in [-0.15, -0.1) is 6.42 Å². The third kappa shape index (κ3) is 6.21. The van der Waals surface area contributed by atoms with E-state index in [2.05, 4.69) is 24.7 Å². The Bertz CT molecular complexity index is 1010. The van der Waals surface area contributed by atoms with E-state index in [9.17, 15) is 5.11 Å². The maximum Gasteiger partial charge on any atom is 0.222 e. The van der Waals surface area contributed by atoms with Gasteiger partial charge in [-0.05, 0) is 26.0 Å². The molecule has 1 heterocycles. The lowest BCUT2D eigenvalue weighted by atomic mass is 10.1. The lowest BCUT2D eigenvalue weighted by molar-refractivity contribution is 0.0191. The van der Waals surface area contributed by atoms with Crippen molar-refractivity contribution in [2.45, 2.75) is 32.5 Å². The maximum absolute atomic E-state index is 10.5.